The lowest BCUT2D eigenvalue weighted by Gasteiger charge is -2.29. The Morgan fingerprint density at radius 2 is 1.92 bits per heavy atom. The number of benzene rings is 1. The zero-order valence-corrected chi connectivity index (χ0v) is 15.1. The van der Waals surface area contributed by atoms with Gasteiger partial charge in [0.2, 0.25) is 0 Å². The summed E-state index contributed by atoms with van der Waals surface area (Å²) in [6, 6.07) is 7.74. The van der Waals surface area contributed by atoms with E-state index in [1.165, 1.54) is 0 Å². The van der Waals surface area contributed by atoms with Gasteiger partial charge < -0.3 is 14.5 Å². The van der Waals surface area contributed by atoms with Crippen LogP contribution < -0.4 is 9.80 Å². The van der Waals surface area contributed by atoms with E-state index in [0.29, 0.717) is 11.3 Å². The summed E-state index contributed by atoms with van der Waals surface area (Å²) in [6.07, 6.45) is 1.95. The highest BCUT2D eigenvalue weighted by atomic mass is 19.1. The van der Waals surface area contributed by atoms with Crippen LogP contribution in [0.5, 0.6) is 0 Å². The Hall–Kier alpha value is -2.14. The van der Waals surface area contributed by atoms with Crippen molar-refractivity contribution in [3.8, 4) is 0 Å². The predicted molar refractivity (Wildman–Crippen MR) is 98.4 cm³/mol. The van der Waals surface area contributed by atoms with Gasteiger partial charge in [-0.05, 0) is 24.6 Å². The third-order valence-electron chi connectivity index (χ3n) is 5.18. The molecule has 1 aromatic carbocycles. The number of aromatic nitrogens is 1. The quantitative estimate of drug-likeness (QED) is 0.831. The van der Waals surface area contributed by atoms with Crippen LogP contribution in [0.1, 0.15) is 25.1 Å². The summed E-state index contributed by atoms with van der Waals surface area (Å²) in [5.41, 5.74) is 4.31. The molecular formula is C20H24FN3O. The lowest BCUT2D eigenvalue weighted by molar-refractivity contribution is 0.122. The Labute approximate surface area is 148 Å². The summed E-state index contributed by atoms with van der Waals surface area (Å²) >= 11 is 0. The number of anilines is 3. The second-order valence-corrected chi connectivity index (χ2v) is 7.54. The molecular weight excluding hydrogens is 317 g/mol. The number of hydrogen-bond donors (Lipinski definition) is 0. The van der Waals surface area contributed by atoms with Crippen molar-refractivity contribution in [2.75, 3.05) is 42.6 Å². The molecule has 1 aromatic heterocycles. The average Bonchev–Trinajstić information content (AvgIpc) is 2.89. The molecule has 2 aliphatic heterocycles. The molecule has 3 heterocycles. The molecule has 25 heavy (non-hydrogen) atoms. The van der Waals surface area contributed by atoms with E-state index in [1.807, 2.05) is 31.3 Å². The van der Waals surface area contributed by atoms with E-state index in [-0.39, 0.29) is 11.2 Å². The monoisotopic (exact) mass is 341 g/mol. The van der Waals surface area contributed by atoms with Gasteiger partial charge in [0, 0.05) is 25.0 Å². The van der Waals surface area contributed by atoms with Gasteiger partial charge in [0.15, 0.2) is 0 Å². The van der Waals surface area contributed by atoms with E-state index in [4.69, 9.17) is 9.72 Å². The molecule has 0 amide bonds. The van der Waals surface area contributed by atoms with Gasteiger partial charge in [0.1, 0.15) is 5.82 Å². The van der Waals surface area contributed by atoms with E-state index in [2.05, 4.69) is 29.7 Å². The molecule has 1 saturated heterocycles. The summed E-state index contributed by atoms with van der Waals surface area (Å²) in [5, 5.41) is 0. The molecule has 0 N–H and O–H groups in total. The fraction of sp³-hybridized carbons (Fsp3) is 0.450. The van der Waals surface area contributed by atoms with Crippen molar-refractivity contribution in [1.82, 2.24) is 4.98 Å². The normalized spacial score (nSPS) is 19.2. The first-order chi connectivity index (χ1) is 12.0. The number of morpholine rings is 1. The molecule has 4 nitrogen and oxygen atoms in total. The zero-order valence-electron chi connectivity index (χ0n) is 15.1. The van der Waals surface area contributed by atoms with E-state index in [0.717, 1.165) is 49.9 Å². The van der Waals surface area contributed by atoms with Crippen LogP contribution in [0.4, 0.5) is 21.5 Å². The Kier molecular flexibility index (Phi) is 3.91. The number of ether oxygens (including phenoxy) is 1. The summed E-state index contributed by atoms with van der Waals surface area (Å²) in [5.74, 6) is -0.150. The van der Waals surface area contributed by atoms with E-state index in [1.54, 1.807) is 0 Å². The first-order valence-electron chi connectivity index (χ1n) is 8.83. The largest absolute Gasteiger partial charge is 0.378 e. The molecule has 0 unspecified atom stereocenters. The Bertz CT molecular complexity index is 800. The molecule has 2 aromatic rings. The lowest BCUT2D eigenvalue weighted by atomic mass is 9.91. The summed E-state index contributed by atoms with van der Waals surface area (Å²) < 4.78 is 20.2. The fourth-order valence-corrected chi connectivity index (χ4v) is 3.77. The molecule has 2 aliphatic rings. The summed E-state index contributed by atoms with van der Waals surface area (Å²) in [4.78, 5) is 9.13. The first kappa shape index (κ1) is 16.3. The van der Waals surface area contributed by atoms with Crippen LogP contribution in [-0.2, 0) is 10.2 Å². The molecule has 0 bridgehead atoms. The molecule has 132 valence electrons. The van der Waals surface area contributed by atoms with Crippen LogP contribution in [0.25, 0.3) is 0 Å². The molecule has 0 aliphatic carbocycles. The van der Waals surface area contributed by atoms with Gasteiger partial charge in [-0.15, -0.1) is 0 Å². The second-order valence-electron chi connectivity index (χ2n) is 7.54. The van der Waals surface area contributed by atoms with E-state index in [9.17, 15) is 4.39 Å². The number of nitrogens with zero attached hydrogens (tertiary/aromatic N) is 3. The summed E-state index contributed by atoms with van der Waals surface area (Å²) in [6.45, 7) is 10.1. The average molecular weight is 341 g/mol. The van der Waals surface area contributed by atoms with Crippen molar-refractivity contribution >= 4 is 17.1 Å². The third kappa shape index (κ3) is 2.76. The highest BCUT2D eigenvalue weighted by molar-refractivity contribution is 5.74. The fourth-order valence-electron chi connectivity index (χ4n) is 3.77. The van der Waals surface area contributed by atoms with Crippen molar-refractivity contribution in [2.45, 2.75) is 26.2 Å². The molecule has 0 spiro atoms. The molecule has 1 fully saturated rings. The Morgan fingerprint density at radius 1 is 1.16 bits per heavy atom. The summed E-state index contributed by atoms with van der Waals surface area (Å²) in [7, 11) is 0. The SMILES string of the molecule is Cc1cccc(N2CC(C)(C)c3ncc(N4CCOCC4)cc32)c1F. The molecule has 5 heteroatoms. The minimum Gasteiger partial charge on any atom is -0.378 e. The van der Waals surface area contributed by atoms with E-state index < -0.39 is 0 Å². The smallest absolute Gasteiger partial charge is 0.149 e. The highest BCUT2D eigenvalue weighted by Gasteiger charge is 2.38. The van der Waals surface area contributed by atoms with Crippen molar-refractivity contribution in [3.05, 3.63) is 47.5 Å². The number of fused-ring (bicyclic) bond motifs is 1. The van der Waals surface area contributed by atoms with Gasteiger partial charge in [0.25, 0.3) is 0 Å². The standard InChI is InChI=1S/C20H24FN3O/c1-14-5-4-6-16(18(14)21)24-13-20(2,3)19-17(24)11-15(12-22-19)23-7-9-25-10-8-23/h4-6,11-12H,7-10,13H2,1-3H3. The van der Waals surface area contributed by atoms with Crippen LogP contribution in [0.3, 0.4) is 0 Å². The third-order valence-corrected chi connectivity index (χ3v) is 5.18. The van der Waals surface area contributed by atoms with Crippen LogP contribution in [0.15, 0.2) is 30.5 Å². The molecule has 0 saturated carbocycles. The molecule has 0 radical (unpaired) electrons. The second kappa shape index (κ2) is 5.99. The van der Waals surface area contributed by atoms with Crippen molar-refractivity contribution < 1.29 is 9.13 Å². The topological polar surface area (TPSA) is 28.6 Å². The van der Waals surface area contributed by atoms with E-state index >= 15 is 0 Å². The van der Waals surface area contributed by atoms with Crippen molar-refractivity contribution in [1.29, 1.82) is 0 Å². The number of pyridine rings is 1. The predicted octanol–water partition coefficient (Wildman–Crippen LogP) is 3.80. The van der Waals surface area contributed by atoms with Crippen LogP contribution >= 0.6 is 0 Å². The Balaban J connectivity index is 1.79. The zero-order chi connectivity index (χ0) is 17.6. The van der Waals surface area contributed by atoms with Gasteiger partial charge in [-0.1, -0.05) is 26.0 Å². The highest BCUT2D eigenvalue weighted by Crippen LogP contribution is 2.45. The number of aryl methyl sites for hydroxylation is 1. The number of halogens is 1. The van der Waals surface area contributed by atoms with Gasteiger partial charge in [-0.3, -0.25) is 4.98 Å². The van der Waals surface area contributed by atoms with Gasteiger partial charge >= 0.3 is 0 Å². The maximum atomic E-state index is 14.8. The number of rotatable bonds is 2. The van der Waals surface area contributed by atoms with Gasteiger partial charge in [-0.2, -0.15) is 0 Å². The molecule has 4 rings (SSSR count). The maximum absolute atomic E-state index is 14.8. The van der Waals surface area contributed by atoms with Gasteiger partial charge in [-0.25, -0.2) is 4.39 Å². The van der Waals surface area contributed by atoms with Gasteiger partial charge in [0.05, 0.1) is 42.2 Å². The van der Waals surface area contributed by atoms with Crippen LogP contribution in [0.2, 0.25) is 0 Å². The Morgan fingerprint density at radius 3 is 2.68 bits per heavy atom. The van der Waals surface area contributed by atoms with Crippen LogP contribution in [-0.4, -0.2) is 37.8 Å². The maximum Gasteiger partial charge on any atom is 0.149 e. The first-order valence-corrected chi connectivity index (χ1v) is 8.83. The van der Waals surface area contributed by atoms with Crippen LogP contribution in [0, 0.1) is 12.7 Å². The number of hydrogen-bond acceptors (Lipinski definition) is 4. The van der Waals surface area contributed by atoms with Crippen molar-refractivity contribution in [3.63, 3.8) is 0 Å². The lowest BCUT2D eigenvalue weighted by Crippen LogP contribution is -2.36. The van der Waals surface area contributed by atoms with Crippen molar-refractivity contribution in [2.24, 2.45) is 0 Å². The molecule has 0 atom stereocenters. The minimum atomic E-state index is -0.150. The minimum absolute atomic E-state index is 0.116.